The summed E-state index contributed by atoms with van der Waals surface area (Å²) < 4.78 is 1.99. The molecule has 18 heavy (non-hydrogen) atoms. The topological polar surface area (TPSA) is 25.2 Å². The van der Waals surface area contributed by atoms with E-state index in [1.54, 1.807) is 4.90 Å². The molecule has 1 aromatic carbocycles. The summed E-state index contributed by atoms with van der Waals surface area (Å²) in [7, 11) is 3.78. The number of amides is 1. The van der Waals surface area contributed by atoms with Crippen molar-refractivity contribution in [2.75, 3.05) is 13.6 Å². The second-order valence-corrected chi connectivity index (χ2v) is 4.45. The second kappa shape index (κ2) is 4.69. The van der Waals surface area contributed by atoms with Crippen LogP contribution in [0.25, 0.3) is 17.0 Å². The highest BCUT2D eigenvalue weighted by molar-refractivity contribution is 6.07. The van der Waals surface area contributed by atoms with Crippen LogP contribution in [0.5, 0.6) is 0 Å². The Morgan fingerprint density at radius 3 is 2.83 bits per heavy atom. The number of aryl methyl sites for hydroxylation is 1. The lowest BCUT2D eigenvalue weighted by Gasteiger charge is -2.13. The predicted molar refractivity (Wildman–Crippen MR) is 75.6 cm³/mol. The number of hydrogen-bond acceptors (Lipinski definition) is 1. The van der Waals surface area contributed by atoms with E-state index in [9.17, 15) is 4.79 Å². The first-order valence-electron chi connectivity index (χ1n) is 6.05. The van der Waals surface area contributed by atoms with E-state index >= 15 is 0 Å². The van der Waals surface area contributed by atoms with Crippen LogP contribution in [0.3, 0.4) is 0 Å². The lowest BCUT2D eigenvalue weighted by atomic mass is 10.1. The summed E-state index contributed by atoms with van der Waals surface area (Å²) in [5.74, 6) is 0.0643. The summed E-state index contributed by atoms with van der Waals surface area (Å²) in [5.41, 5.74) is 2.87. The van der Waals surface area contributed by atoms with Gasteiger partial charge in [0.1, 0.15) is 0 Å². The number of nitrogens with zero attached hydrogens (tertiary/aromatic N) is 2. The first kappa shape index (κ1) is 12.4. The molecule has 0 saturated heterocycles. The fraction of sp³-hybridized carbons (Fsp3) is 0.267. The van der Waals surface area contributed by atoms with Gasteiger partial charge in [0.2, 0.25) is 0 Å². The molecule has 0 bridgehead atoms. The van der Waals surface area contributed by atoms with E-state index in [0.29, 0.717) is 6.54 Å². The molecule has 1 aromatic heterocycles. The van der Waals surface area contributed by atoms with E-state index in [0.717, 1.165) is 22.0 Å². The van der Waals surface area contributed by atoms with Crippen molar-refractivity contribution in [2.45, 2.75) is 6.92 Å². The largest absolute Gasteiger partial charge is 0.350 e. The molecule has 1 heterocycles. The van der Waals surface area contributed by atoms with Gasteiger partial charge in [-0.05, 0) is 18.6 Å². The zero-order valence-corrected chi connectivity index (χ0v) is 11.1. The van der Waals surface area contributed by atoms with Crippen LogP contribution in [0.2, 0.25) is 0 Å². The minimum absolute atomic E-state index is 0.0643. The van der Waals surface area contributed by atoms with Crippen LogP contribution < -0.4 is 0 Å². The minimum Gasteiger partial charge on any atom is -0.350 e. The van der Waals surface area contributed by atoms with Gasteiger partial charge >= 0.3 is 0 Å². The maximum Gasteiger partial charge on any atom is 0.255 e. The van der Waals surface area contributed by atoms with Crippen molar-refractivity contribution in [1.82, 2.24) is 9.47 Å². The molecule has 0 N–H and O–H groups in total. The Morgan fingerprint density at radius 2 is 2.22 bits per heavy atom. The van der Waals surface area contributed by atoms with Crippen molar-refractivity contribution < 1.29 is 4.79 Å². The molecule has 3 nitrogen and oxygen atoms in total. The number of aromatic nitrogens is 1. The van der Waals surface area contributed by atoms with Gasteiger partial charge in [0.15, 0.2) is 0 Å². The first-order chi connectivity index (χ1) is 8.58. The molecule has 1 amide bonds. The number of benzene rings is 1. The van der Waals surface area contributed by atoms with E-state index < -0.39 is 0 Å². The highest BCUT2D eigenvalue weighted by Gasteiger charge is 2.16. The Kier molecular flexibility index (Phi) is 3.24. The third-order valence-corrected chi connectivity index (χ3v) is 3.30. The van der Waals surface area contributed by atoms with Crippen LogP contribution in [-0.4, -0.2) is 29.0 Å². The predicted octanol–water partition coefficient (Wildman–Crippen LogP) is 2.91. The molecule has 2 rings (SSSR count). The third kappa shape index (κ3) is 1.92. The third-order valence-electron chi connectivity index (χ3n) is 3.30. The second-order valence-electron chi connectivity index (χ2n) is 4.45. The summed E-state index contributed by atoms with van der Waals surface area (Å²) in [6, 6.07) is 6.02. The van der Waals surface area contributed by atoms with E-state index in [2.05, 4.69) is 6.58 Å². The fourth-order valence-corrected chi connectivity index (χ4v) is 2.05. The van der Waals surface area contributed by atoms with Gasteiger partial charge in [-0.2, -0.15) is 0 Å². The normalized spacial score (nSPS) is 10.6. The maximum atomic E-state index is 12.2. The van der Waals surface area contributed by atoms with Gasteiger partial charge in [-0.15, -0.1) is 0 Å². The van der Waals surface area contributed by atoms with Crippen molar-refractivity contribution in [3.05, 3.63) is 42.1 Å². The van der Waals surface area contributed by atoms with Crippen LogP contribution in [0.1, 0.15) is 22.8 Å². The van der Waals surface area contributed by atoms with Crippen LogP contribution in [-0.2, 0) is 7.05 Å². The zero-order valence-electron chi connectivity index (χ0n) is 11.1. The SMILES string of the molecule is C=Cc1ccc2c(C(=O)N(C)CC)cn(C)c2c1. The Bertz CT molecular complexity index is 610. The summed E-state index contributed by atoms with van der Waals surface area (Å²) in [6.45, 7) is 6.45. The number of rotatable bonds is 3. The minimum atomic E-state index is 0.0643. The molecule has 2 aromatic rings. The summed E-state index contributed by atoms with van der Waals surface area (Å²) in [5, 5.41) is 0.994. The first-order valence-corrected chi connectivity index (χ1v) is 6.05. The summed E-state index contributed by atoms with van der Waals surface area (Å²) in [4.78, 5) is 14.0. The molecule has 0 radical (unpaired) electrons. The smallest absolute Gasteiger partial charge is 0.255 e. The molecule has 0 spiro atoms. The van der Waals surface area contributed by atoms with Crippen molar-refractivity contribution in [3.8, 4) is 0 Å². The molecule has 0 unspecified atom stereocenters. The molecule has 0 atom stereocenters. The zero-order chi connectivity index (χ0) is 13.3. The van der Waals surface area contributed by atoms with Crippen molar-refractivity contribution in [3.63, 3.8) is 0 Å². The number of hydrogen-bond donors (Lipinski definition) is 0. The quantitative estimate of drug-likeness (QED) is 0.812. The van der Waals surface area contributed by atoms with Gasteiger partial charge < -0.3 is 9.47 Å². The Hall–Kier alpha value is -2.03. The highest BCUT2D eigenvalue weighted by Crippen LogP contribution is 2.23. The molecular weight excluding hydrogens is 224 g/mol. The number of carbonyl (C=O) groups excluding carboxylic acids is 1. The van der Waals surface area contributed by atoms with E-state index in [4.69, 9.17) is 0 Å². The monoisotopic (exact) mass is 242 g/mol. The van der Waals surface area contributed by atoms with Crippen LogP contribution in [0, 0.1) is 0 Å². The molecule has 94 valence electrons. The van der Waals surface area contributed by atoms with Crippen molar-refractivity contribution >= 4 is 22.9 Å². The Balaban J connectivity index is 2.60. The molecule has 0 aliphatic heterocycles. The molecule has 0 aliphatic rings. The lowest BCUT2D eigenvalue weighted by molar-refractivity contribution is 0.0804. The van der Waals surface area contributed by atoms with Crippen molar-refractivity contribution in [1.29, 1.82) is 0 Å². The van der Waals surface area contributed by atoms with Gasteiger partial charge in [0.25, 0.3) is 5.91 Å². The molecule has 0 aliphatic carbocycles. The van der Waals surface area contributed by atoms with Gasteiger partial charge in [-0.1, -0.05) is 24.8 Å². The van der Waals surface area contributed by atoms with Crippen LogP contribution in [0.4, 0.5) is 0 Å². The Labute approximate surface area is 107 Å². The maximum absolute atomic E-state index is 12.2. The summed E-state index contributed by atoms with van der Waals surface area (Å²) in [6.07, 6.45) is 3.71. The Morgan fingerprint density at radius 1 is 1.50 bits per heavy atom. The number of fused-ring (bicyclic) bond motifs is 1. The average molecular weight is 242 g/mol. The lowest BCUT2D eigenvalue weighted by Crippen LogP contribution is -2.25. The molecule has 0 saturated carbocycles. The van der Waals surface area contributed by atoms with Crippen LogP contribution >= 0.6 is 0 Å². The standard InChI is InChI=1S/C15H18N2O/c1-5-11-7-8-12-13(15(18)16(3)6-2)10-17(4)14(12)9-11/h5,7-10H,1,6H2,2-4H3. The van der Waals surface area contributed by atoms with Gasteiger partial charge in [0.05, 0.1) is 5.56 Å². The van der Waals surface area contributed by atoms with E-state index in [1.165, 1.54) is 0 Å². The highest BCUT2D eigenvalue weighted by atomic mass is 16.2. The van der Waals surface area contributed by atoms with E-state index in [-0.39, 0.29) is 5.91 Å². The van der Waals surface area contributed by atoms with Gasteiger partial charge in [-0.3, -0.25) is 4.79 Å². The van der Waals surface area contributed by atoms with E-state index in [1.807, 2.05) is 56.1 Å². The molecule has 0 fully saturated rings. The fourth-order valence-electron chi connectivity index (χ4n) is 2.05. The average Bonchev–Trinajstić information content (AvgIpc) is 2.73. The van der Waals surface area contributed by atoms with Gasteiger partial charge in [0, 0.05) is 37.7 Å². The molecule has 3 heteroatoms. The van der Waals surface area contributed by atoms with Crippen molar-refractivity contribution in [2.24, 2.45) is 7.05 Å². The van der Waals surface area contributed by atoms with Crippen LogP contribution in [0.15, 0.2) is 31.0 Å². The van der Waals surface area contributed by atoms with Gasteiger partial charge in [-0.25, -0.2) is 0 Å². The molecular formula is C15H18N2O. The summed E-state index contributed by atoms with van der Waals surface area (Å²) >= 11 is 0. The number of carbonyl (C=O) groups is 1.